The molecular weight excluding hydrogens is 354 g/mol. The van der Waals surface area contributed by atoms with E-state index in [4.69, 9.17) is 14.5 Å². The summed E-state index contributed by atoms with van der Waals surface area (Å²) in [6.45, 7) is 0. The van der Waals surface area contributed by atoms with Crippen LogP contribution in [0.1, 0.15) is 30.9 Å². The van der Waals surface area contributed by atoms with Crippen LogP contribution in [0.4, 0.5) is 5.95 Å². The molecule has 1 aromatic heterocycles. The number of Topliss-reactive ketones (excluding diaryl/α,β-unsaturated/α-hetero) is 1. The van der Waals surface area contributed by atoms with Crippen LogP contribution in [0.3, 0.4) is 0 Å². The van der Waals surface area contributed by atoms with Crippen LogP contribution in [-0.2, 0) is 4.79 Å². The Morgan fingerprint density at radius 3 is 2.79 bits per heavy atom. The number of methoxy groups -OCH3 is 2. The zero-order chi connectivity index (χ0) is 19.3. The summed E-state index contributed by atoms with van der Waals surface area (Å²) >= 11 is 0. The number of rotatable bonds is 3. The number of allylic oxidation sites excluding steroid dienone is 2. The molecule has 0 amide bonds. The number of benzene rings is 2. The molecule has 142 valence electrons. The van der Waals surface area contributed by atoms with Crippen molar-refractivity contribution in [3.8, 4) is 11.5 Å². The first kappa shape index (κ1) is 16.9. The lowest BCUT2D eigenvalue weighted by Crippen LogP contribution is -2.31. The average Bonchev–Trinajstić information content (AvgIpc) is 3.10. The number of ether oxygens (including phenoxy) is 2. The van der Waals surface area contributed by atoms with Gasteiger partial charge < -0.3 is 14.8 Å². The smallest absolute Gasteiger partial charge is 0.209 e. The molecule has 1 atom stereocenters. The molecule has 2 aliphatic rings. The van der Waals surface area contributed by atoms with E-state index in [1.165, 1.54) is 0 Å². The van der Waals surface area contributed by atoms with Gasteiger partial charge in [0.1, 0.15) is 11.5 Å². The fourth-order valence-electron chi connectivity index (χ4n) is 4.32. The minimum Gasteiger partial charge on any atom is -0.497 e. The number of fused-ring (bicyclic) bond motifs is 3. The van der Waals surface area contributed by atoms with Crippen molar-refractivity contribution in [3.05, 3.63) is 59.3 Å². The van der Waals surface area contributed by atoms with E-state index in [0.29, 0.717) is 6.42 Å². The summed E-state index contributed by atoms with van der Waals surface area (Å²) in [7, 11) is 3.29. The van der Waals surface area contributed by atoms with Crippen molar-refractivity contribution in [2.75, 3.05) is 19.5 Å². The Morgan fingerprint density at radius 2 is 1.96 bits per heavy atom. The van der Waals surface area contributed by atoms with Crippen LogP contribution >= 0.6 is 0 Å². The van der Waals surface area contributed by atoms with Crippen LogP contribution in [0.2, 0.25) is 0 Å². The van der Waals surface area contributed by atoms with Crippen LogP contribution in [0.25, 0.3) is 11.0 Å². The van der Waals surface area contributed by atoms with E-state index >= 15 is 0 Å². The second-order valence-electron chi connectivity index (χ2n) is 7.10. The second-order valence-corrected chi connectivity index (χ2v) is 7.10. The van der Waals surface area contributed by atoms with Crippen LogP contribution in [0, 0.1) is 0 Å². The van der Waals surface area contributed by atoms with E-state index in [0.717, 1.165) is 58.2 Å². The first-order chi connectivity index (χ1) is 13.7. The Labute approximate surface area is 162 Å². The molecule has 0 spiro atoms. The van der Waals surface area contributed by atoms with Gasteiger partial charge in [0, 0.05) is 23.3 Å². The van der Waals surface area contributed by atoms with Crippen LogP contribution in [-0.4, -0.2) is 29.6 Å². The molecule has 6 nitrogen and oxygen atoms in total. The Morgan fingerprint density at radius 1 is 1.11 bits per heavy atom. The SMILES string of the molecule is COc1ccc(OC)c([C@H]2C3=C(CCCC3=O)Nc3nc4ccccc4n32)c1. The molecule has 3 aromatic rings. The topological polar surface area (TPSA) is 65.4 Å². The minimum absolute atomic E-state index is 0.173. The van der Waals surface area contributed by atoms with Crippen molar-refractivity contribution in [3.63, 3.8) is 0 Å². The highest BCUT2D eigenvalue weighted by atomic mass is 16.5. The lowest BCUT2D eigenvalue weighted by molar-refractivity contribution is -0.116. The highest BCUT2D eigenvalue weighted by Gasteiger charge is 2.38. The molecule has 1 N–H and O–H groups in total. The van der Waals surface area contributed by atoms with Gasteiger partial charge in [0.05, 0.1) is 31.3 Å². The number of hydrogen-bond donors (Lipinski definition) is 1. The number of anilines is 1. The third-order valence-corrected chi connectivity index (χ3v) is 5.58. The fourth-order valence-corrected chi connectivity index (χ4v) is 4.32. The summed E-state index contributed by atoms with van der Waals surface area (Å²) in [6.07, 6.45) is 2.26. The minimum atomic E-state index is -0.309. The predicted octanol–water partition coefficient (Wildman–Crippen LogP) is 4.08. The number of hydrogen-bond acceptors (Lipinski definition) is 5. The molecule has 0 radical (unpaired) electrons. The molecule has 1 aliphatic heterocycles. The Balaban J connectivity index is 1.83. The number of nitrogens with one attached hydrogen (secondary N) is 1. The van der Waals surface area contributed by atoms with Gasteiger partial charge in [-0.3, -0.25) is 9.36 Å². The van der Waals surface area contributed by atoms with Gasteiger partial charge in [-0.25, -0.2) is 4.98 Å². The summed E-state index contributed by atoms with van der Waals surface area (Å²) in [5.74, 6) is 2.38. The predicted molar refractivity (Wildman–Crippen MR) is 107 cm³/mol. The highest BCUT2D eigenvalue weighted by molar-refractivity contribution is 6.00. The maximum atomic E-state index is 13.0. The molecule has 28 heavy (non-hydrogen) atoms. The Hall–Kier alpha value is -3.28. The maximum absolute atomic E-state index is 13.0. The molecular formula is C22H21N3O3. The van der Waals surface area contributed by atoms with Crippen molar-refractivity contribution < 1.29 is 14.3 Å². The van der Waals surface area contributed by atoms with E-state index < -0.39 is 0 Å². The van der Waals surface area contributed by atoms with E-state index in [9.17, 15) is 4.79 Å². The molecule has 2 heterocycles. The van der Waals surface area contributed by atoms with Crippen LogP contribution in [0.15, 0.2) is 53.7 Å². The number of imidazole rings is 1. The molecule has 0 saturated carbocycles. The molecule has 2 aromatic carbocycles. The van der Waals surface area contributed by atoms with E-state index in [-0.39, 0.29) is 11.8 Å². The van der Waals surface area contributed by atoms with Gasteiger partial charge in [-0.15, -0.1) is 0 Å². The van der Waals surface area contributed by atoms with Crippen molar-refractivity contribution in [2.45, 2.75) is 25.3 Å². The maximum Gasteiger partial charge on any atom is 0.209 e. The normalized spacial score (nSPS) is 18.5. The van der Waals surface area contributed by atoms with E-state index in [1.807, 2.05) is 42.5 Å². The Kier molecular flexibility index (Phi) is 3.86. The number of nitrogens with zero attached hydrogens (tertiary/aromatic N) is 2. The number of carbonyl (C=O) groups is 1. The summed E-state index contributed by atoms with van der Waals surface area (Å²) in [5.41, 5.74) is 4.53. The molecule has 0 fully saturated rings. The molecule has 0 saturated heterocycles. The monoisotopic (exact) mass is 375 g/mol. The standard InChI is InChI=1S/C22H21N3O3/c1-27-13-10-11-19(28-2)14(12-13)21-20-16(7-5-9-18(20)26)24-22-23-15-6-3-4-8-17(15)25(21)22/h3-4,6,8,10-12,21H,5,7,9H2,1-2H3,(H,23,24)/t21-/m0/s1. The van der Waals surface area contributed by atoms with Gasteiger partial charge in [0.2, 0.25) is 5.95 Å². The molecule has 6 heteroatoms. The number of carbonyl (C=O) groups excluding carboxylic acids is 1. The van der Waals surface area contributed by atoms with Crippen molar-refractivity contribution >= 4 is 22.8 Å². The number of ketones is 1. The molecule has 0 unspecified atom stereocenters. The lowest BCUT2D eigenvalue weighted by Gasteiger charge is -2.34. The summed E-state index contributed by atoms with van der Waals surface area (Å²) in [5, 5.41) is 3.42. The largest absolute Gasteiger partial charge is 0.497 e. The first-order valence-corrected chi connectivity index (χ1v) is 9.43. The third-order valence-electron chi connectivity index (χ3n) is 5.58. The fraction of sp³-hybridized carbons (Fsp3) is 0.273. The van der Waals surface area contributed by atoms with Crippen molar-refractivity contribution in [2.24, 2.45) is 0 Å². The quantitative estimate of drug-likeness (QED) is 0.747. The van der Waals surface area contributed by atoms with Gasteiger partial charge in [0.25, 0.3) is 0 Å². The Bertz CT molecular complexity index is 1130. The van der Waals surface area contributed by atoms with Crippen LogP contribution < -0.4 is 14.8 Å². The summed E-state index contributed by atoms with van der Waals surface area (Å²) in [6, 6.07) is 13.4. The van der Waals surface area contributed by atoms with Gasteiger partial charge in [-0.2, -0.15) is 0 Å². The average molecular weight is 375 g/mol. The summed E-state index contributed by atoms with van der Waals surface area (Å²) < 4.78 is 13.2. The number of para-hydroxylation sites is 2. The zero-order valence-electron chi connectivity index (χ0n) is 15.9. The zero-order valence-corrected chi connectivity index (χ0v) is 15.9. The van der Waals surface area contributed by atoms with Gasteiger partial charge >= 0.3 is 0 Å². The first-order valence-electron chi connectivity index (χ1n) is 9.43. The molecule has 5 rings (SSSR count). The number of aromatic nitrogens is 2. The van der Waals surface area contributed by atoms with Gasteiger partial charge in [-0.05, 0) is 43.2 Å². The second kappa shape index (κ2) is 6.41. The molecule has 1 aliphatic carbocycles. The lowest BCUT2D eigenvalue weighted by atomic mass is 9.85. The van der Waals surface area contributed by atoms with E-state index in [1.54, 1.807) is 14.2 Å². The van der Waals surface area contributed by atoms with Crippen molar-refractivity contribution in [1.29, 1.82) is 0 Å². The van der Waals surface area contributed by atoms with E-state index in [2.05, 4.69) is 9.88 Å². The third kappa shape index (κ3) is 2.41. The van der Waals surface area contributed by atoms with Gasteiger partial charge in [-0.1, -0.05) is 12.1 Å². The highest BCUT2D eigenvalue weighted by Crippen LogP contribution is 2.45. The van der Waals surface area contributed by atoms with Crippen molar-refractivity contribution in [1.82, 2.24) is 9.55 Å². The summed E-state index contributed by atoms with van der Waals surface area (Å²) in [4.78, 5) is 17.8. The van der Waals surface area contributed by atoms with Crippen LogP contribution in [0.5, 0.6) is 11.5 Å². The van der Waals surface area contributed by atoms with Gasteiger partial charge in [0.15, 0.2) is 5.78 Å². The molecule has 0 bridgehead atoms.